The normalized spacial score (nSPS) is 12.1. The summed E-state index contributed by atoms with van der Waals surface area (Å²) in [6.45, 7) is 2.63. The Labute approximate surface area is 171 Å². The van der Waals surface area contributed by atoms with Crippen molar-refractivity contribution in [1.29, 1.82) is 5.26 Å². The van der Waals surface area contributed by atoms with Crippen LogP contribution in [0.5, 0.6) is 5.75 Å². The maximum atomic E-state index is 12.7. The lowest BCUT2D eigenvalue weighted by Gasteiger charge is -2.24. The summed E-state index contributed by atoms with van der Waals surface area (Å²) in [5.74, 6) is 0.727. The quantitative estimate of drug-likeness (QED) is 0.547. The molecule has 1 heterocycles. The second-order valence-electron chi connectivity index (χ2n) is 6.93. The van der Waals surface area contributed by atoms with E-state index in [9.17, 15) is 4.79 Å². The number of methoxy groups -OCH3 is 1. The standard InChI is InChI=1S/C24H25N3O2/c1-18(19-9-12-21(29-3)13-10-19)26(2)24(28)14-11-20-17-27(16-6-15-25)23-8-5-4-7-22(20)23/h4-5,7-14,17-18H,6,16H2,1-3H3/b14-11+. The predicted molar refractivity (Wildman–Crippen MR) is 115 cm³/mol. The summed E-state index contributed by atoms with van der Waals surface area (Å²) >= 11 is 0. The Bertz CT molecular complexity index is 1060. The molecule has 1 aromatic heterocycles. The molecule has 5 nitrogen and oxygen atoms in total. The Morgan fingerprint density at radius 2 is 1.97 bits per heavy atom. The highest BCUT2D eigenvalue weighted by molar-refractivity contribution is 5.96. The Hall–Kier alpha value is -3.52. The zero-order valence-corrected chi connectivity index (χ0v) is 17.0. The maximum Gasteiger partial charge on any atom is 0.246 e. The van der Waals surface area contributed by atoms with Crippen molar-refractivity contribution >= 4 is 22.9 Å². The number of nitrogens with zero attached hydrogens (tertiary/aromatic N) is 3. The van der Waals surface area contributed by atoms with Gasteiger partial charge in [0.1, 0.15) is 5.75 Å². The van der Waals surface area contributed by atoms with Crippen molar-refractivity contribution in [2.75, 3.05) is 14.2 Å². The zero-order valence-electron chi connectivity index (χ0n) is 17.0. The van der Waals surface area contributed by atoms with Crippen LogP contribution in [0.25, 0.3) is 17.0 Å². The van der Waals surface area contributed by atoms with Crippen molar-refractivity contribution in [3.63, 3.8) is 0 Å². The number of likely N-dealkylation sites (N-methyl/N-ethyl adjacent to an activating group) is 1. The second kappa shape index (κ2) is 9.11. The number of aromatic nitrogens is 1. The summed E-state index contributed by atoms with van der Waals surface area (Å²) < 4.78 is 7.26. The molecule has 3 rings (SSSR count). The van der Waals surface area contributed by atoms with Gasteiger partial charge in [-0.1, -0.05) is 30.3 Å². The highest BCUT2D eigenvalue weighted by Crippen LogP contribution is 2.24. The minimum atomic E-state index is -0.0674. The van der Waals surface area contributed by atoms with E-state index in [1.165, 1.54) is 0 Å². The fourth-order valence-electron chi connectivity index (χ4n) is 3.34. The molecule has 0 aliphatic heterocycles. The first-order valence-corrected chi connectivity index (χ1v) is 9.58. The van der Waals surface area contributed by atoms with Crippen LogP contribution in [0.2, 0.25) is 0 Å². The van der Waals surface area contributed by atoms with Crippen molar-refractivity contribution in [3.8, 4) is 11.8 Å². The Balaban J connectivity index is 1.78. The fourth-order valence-corrected chi connectivity index (χ4v) is 3.34. The van der Waals surface area contributed by atoms with Crippen molar-refractivity contribution < 1.29 is 9.53 Å². The summed E-state index contributed by atoms with van der Waals surface area (Å²) in [7, 11) is 3.44. The monoisotopic (exact) mass is 387 g/mol. The number of carbonyl (C=O) groups is 1. The van der Waals surface area contributed by atoms with Crippen molar-refractivity contribution in [3.05, 3.63) is 71.9 Å². The number of benzene rings is 2. The first kappa shape index (κ1) is 20.2. The molecule has 0 aliphatic rings. The molecule has 0 aliphatic carbocycles. The number of aryl methyl sites for hydroxylation is 1. The van der Waals surface area contributed by atoms with Crippen molar-refractivity contribution in [2.45, 2.75) is 25.9 Å². The first-order valence-electron chi connectivity index (χ1n) is 9.58. The van der Waals surface area contributed by atoms with Crippen LogP contribution in [0.1, 0.15) is 30.5 Å². The summed E-state index contributed by atoms with van der Waals surface area (Å²) in [6, 6.07) is 17.9. The molecular formula is C24H25N3O2. The highest BCUT2D eigenvalue weighted by atomic mass is 16.5. The van der Waals surface area contributed by atoms with Gasteiger partial charge < -0.3 is 14.2 Å². The predicted octanol–water partition coefficient (Wildman–Crippen LogP) is 4.80. The molecule has 3 aromatic rings. The smallest absolute Gasteiger partial charge is 0.246 e. The van der Waals surface area contributed by atoms with Crippen LogP contribution < -0.4 is 4.74 Å². The third kappa shape index (κ3) is 4.49. The molecule has 0 N–H and O–H groups in total. The van der Waals surface area contributed by atoms with E-state index in [0.717, 1.165) is 27.8 Å². The fraction of sp³-hybridized carbons (Fsp3) is 0.250. The molecule has 0 saturated heterocycles. The topological polar surface area (TPSA) is 58.3 Å². The molecule has 0 saturated carbocycles. The maximum absolute atomic E-state index is 12.7. The Morgan fingerprint density at radius 1 is 1.24 bits per heavy atom. The van der Waals surface area contributed by atoms with Gasteiger partial charge in [-0.15, -0.1) is 0 Å². The van der Waals surface area contributed by atoms with Gasteiger partial charge in [-0.2, -0.15) is 5.26 Å². The Kier molecular flexibility index (Phi) is 6.36. The van der Waals surface area contributed by atoms with E-state index >= 15 is 0 Å². The molecule has 1 amide bonds. The molecular weight excluding hydrogens is 362 g/mol. The van der Waals surface area contributed by atoms with Crippen LogP contribution in [-0.4, -0.2) is 29.5 Å². The van der Waals surface area contributed by atoms with Gasteiger partial charge >= 0.3 is 0 Å². The zero-order chi connectivity index (χ0) is 20.8. The van der Waals surface area contributed by atoms with E-state index in [-0.39, 0.29) is 11.9 Å². The lowest BCUT2D eigenvalue weighted by atomic mass is 10.1. The molecule has 1 unspecified atom stereocenters. The van der Waals surface area contributed by atoms with E-state index in [4.69, 9.17) is 10.00 Å². The lowest BCUT2D eigenvalue weighted by Crippen LogP contribution is -2.27. The summed E-state index contributed by atoms with van der Waals surface area (Å²) in [5.41, 5.74) is 3.08. The number of rotatable bonds is 7. The van der Waals surface area contributed by atoms with E-state index in [2.05, 4.69) is 10.6 Å². The number of carbonyl (C=O) groups excluding carboxylic acids is 1. The van der Waals surface area contributed by atoms with Gasteiger partial charge in [-0.25, -0.2) is 0 Å². The molecule has 2 aromatic carbocycles. The minimum absolute atomic E-state index is 0.0602. The number of nitriles is 1. The molecule has 148 valence electrons. The molecule has 1 atom stereocenters. The first-order chi connectivity index (χ1) is 14.0. The third-order valence-corrected chi connectivity index (χ3v) is 5.22. The summed E-state index contributed by atoms with van der Waals surface area (Å²) in [5, 5.41) is 9.95. The van der Waals surface area contributed by atoms with E-state index in [0.29, 0.717) is 13.0 Å². The number of hydrogen-bond acceptors (Lipinski definition) is 3. The van der Waals surface area contributed by atoms with Crippen LogP contribution in [0, 0.1) is 11.3 Å². The van der Waals surface area contributed by atoms with Gasteiger partial charge in [0.2, 0.25) is 5.91 Å². The van der Waals surface area contributed by atoms with Gasteiger partial charge in [0, 0.05) is 42.3 Å². The number of para-hydroxylation sites is 1. The van der Waals surface area contributed by atoms with Crippen LogP contribution in [0.3, 0.4) is 0 Å². The van der Waals surface area contributed by atoms with Gasteiger partial charge in [-0.05, 0) is 36.8 Å². The van der Waals surface area contributed by atoms with E-state index in [1.807, 2.05) is 67.7 Å². The average molecular weight is 387 g/mol. The van der Waals surface area contributed by atoms with Crippen LogP contribution >= 0.6 is 0 Å². The van der Waals surface area contributed by atoms with E-state index in [1.54, 1.807) is 25.1 Å². The van der Waals surface area contributed by atoms with Gasteiger partial charge in [-0.3, -0.25) is 4.79 Å². The van der Waals surface area contributed by atoms with Gasteiger partial charge in [0.25, 0.3) is 0 Å². The van der Waals surface area contributed by atoms with E-state index < -0.39 is 0 Å². The highest BCUT2D eigenvalue weighted by Gasteiger charge is 2.16. The molecule has 0 bridgehead atoms. The minimum Gasteiger partial charge on any atom is -0.497 e. The third-order valence-electron chi connectivity index (χ3n) is 5.22. The summed E-state index contributed by atoms with van der Waals surface area (Å²) in [4.78, 5) is 14.4. The van der Waals surface area contributed by atoms with Gasteiger partial charge in [0.05, 0.1) is 25.6 Å². The number of amides is 1. The number of fused-ring (bicyclic) bond motifs is 1. The number of hydrogen-bond donors (Lipinski definition) is 0. The number of ether oxygens (including phenoxy) is 1. The van der Waals surface area contributed by atoms with Crippen molar-refractivity contribution in [1.82, 2.24) is 9.47 Å². The average Bonchev–Trinajstić information content (AvgIpc) is 3.12. The largest absolute Gasteiger partial charge is 0.497 e. The molecule has 29 heavy (non-hydrogen) atoms. The molecule has 5 heteroatoms. The van der Waals surface area contributed by atoms with Crippen molar-refractivity contribution in [2.24, 2.45) is 0 Å². The van der Waals surface area contributed by atoms with Crippen LogP contribution in [0.15, 0.2) is 60.8 Å². The SMILES string of the molecule is COc1ccc(C(C)N(C)C(=O)/C=C/c2cn(CCC#N)c3ccccc23)cc1. The lowest BCUT2D eigenvalue weighted by molar-refractivity contribution is -0.126. The molecule has 0 radical (unpaired) electrons. The van der Waals surface area contributed by atoms with Crippen LogP contribution in [-0.2, 0) is 11.3 Å². The van der Waals surface area contributed by atoms with Gasteiger partial charge in [0.15, 0.2) is 0 Å². The second-order valence-corrected chi connectivity index (χ2v) is 6.93. The molecule has 0 spiro atoms. The van der Waals surface area contributed by atoms with Crippen LogP contribution in [0.4, 0.5) is 0 Å². The Morgan fingerprint density at radius 3 is 2.66 bits per heavy atom. The summed E-state index contributed by atoms with van der Waals surface area (Å²) in [6.07, 6.45) is 5.91. The molecule has 0 fully saturated rings.